The Morgan fingerprint density at radius 2 is 1.94 bits per heavy atom. The maximum absolute atomic E-state index is 13.8. The van der Waals surface area contributed by atoms with Crippen molar-refractivity contribution in [3.63, 3.8) is 0 Å². The van der Waals surface area contributed by atoms with Gasteiger partial charge in [0.15, 0.2) is 0 Å². The summed E-state index contributed by atoms with van der Waals surface area (Å²) in [6.45, 7) is 6.15. The summed E-state index contributed by atoms with van der Waals surface area (Å²) in [7, 11) is 0. The van der Waals surface area contributed by atoms with E-state index in [4.69, 9.17) is 0 Å². The van der Waals surface area contributed by atoms with Crippen LogP contribution in [0.1, 0.15) is 38.3 Å². The number of halogens is 1. The van der Waals surface area contributed by atoms with Crippen LogP contribution in [0.25, 0.3) is 0 Å². The number of aryl methyl sites for hydroxylation is 1. The van der Waals surface area contributed by atoms with Gasteiger partial charge in [0.2, 0.25) is 5.91 Å². The Kier molecular flexibility index (Phi) is 2.49. The molecule has 0 aromatic heterocycles. The molecule has 1 aliphatic rings. The van der Waals surface area contributed by atoms with Crippen LogP contribution in [0.5, 0.6) is 0 Å². The van der Waals surface area contributed by atoms with Crippen LogP contribution in [0.4, 0.5) is 10.1 Å². The van der Waals surface area contributed by atoms with E-state index in [0.29, 0.717) is 18.5 Å². The van der Waals surface area contributed by atoms with Gasteiger partial charge in [-0.3, -0.25) is 4.79 Å². The summed E-state index contributed by atoms with van der Waals surface area (Å²) in [4.78, 5) is 11.2. The van der Waals surface area contributed by atoms with Gasteiger partial charge in [-0.15, -0.1) is 0 Å². The first-order valence-electron chi connectivity index (χ1n) is 5.50. The fourth-order valence-corrected chi connectivity index (χ4v) is 1.88. The summed E-state index contributed by atoms with van der Waals surface area (Å²) in [5, 5.41) is 2.59. The number of carbonyl (C=O) groups is 1. The Morgan fingerprint density at radius 1 is 1.25 bits per heavy atom. The smallest absolute Gasteiger partial charge is 0.224 e. The number of benzene rings is 1. The predicted molar refractivity (Wildman–Crippen MR) is 62.1 cm³/mol. The van der Waals surface area contributed by atoms with E-state index in [2.05, 4.69) is 26.1 Å². The molecule has 0 spiro atoms. The number of nitrogens with one attached hydrogen (secondary N) is 1. The van der Waals surface area contributed by atoms with Crippen LogP contribution >= 0.6 is 0 Å². The minimum Gasteiger partial charge on any atom is -0.323 e. The standard InChI is InChI=1S/C13H16FNO/c1-13(2,3)9-6-8-4-5-11(16)15-12(8)10(14)7-9/h6-7H,4-5H2,1-3H3,(H,15,16). The van der Waals surface area contributed by atoms with Gasteiger partial charge >= 0.3 is 0 Å². The molecule has 1 N–H and O–H groups in total. The first-order valence-corrected chi connectivity index (χ1v) is 5.50. The van der Waals surface area contributed by atoms with Crippen molar-refractivity contribution in [2.75, 3.05) is 5.32 Å². The summed E-state index contributed by atoms with van der Waals surface area (Å²) in [6, 6.07) is 3.52. The molecule has 2 rings (SSSR count). The van der Waals surface area contributed by atoms with E-state index in [1.165, 1.54) is 6.07 Å². The van der Waals surface area contributed by atoms with Crippen LogP contribution < -0.4 is 5.32 Å². The highest BCUT2D eigenvalue weighted by Gasteiger charge is 2.22. The first kappa shape index (κ1) is 11.1. The number of amides is 1. The van der Waals surface area contributed by atoms with E-state index in [9.17, 15) is 9.18 Å². The van der Waals surface area contributed by atoms with Crippen LogP contribution in [0.3, 0.4) is 0 Å². The molecule has 1 heterocycles. The third-order valence-corrected chi connectivity index (χ3v) is 2.92. The molecule has 2 nitrogen and oxygen atoms in total. The minimum absolute atomic E-state index is 0.0721. The summed E-state index contributed by atoms with van der Waals surface area (Å²) in [5.41, 5.74) is 2.17. The zero-order chi connectivity index (χ0) is 11.9. The summed E-state index contributed by atoms with van der Waals surface area (Å²) >= 11 is 0. The average Bonchev–Trinajstić information content (AvgIpc) is 2.17. The van der Waals surface area contributed by atoms with Crippen molar-refractivity contribution < 1.29 is 9.18 Å². The predicted octanol–water partition coefficient (Wildman–Crippen LogP) is 3.01. The molecule has 0 saturated heterocycles. The second kappa shape index (κ2) is 3.58. The van der Waals surface area contributed by atoms with Crippen molar-refractivity contribution in [3.8, 4) is 0 Å². The van der Waals surface area contributed by atoms with Crippen molar-refractivity contribution in [1.29, 1.82) is 0 Å². The maximum Gasteiger partial charge on any atom is 0.224 e. The van der Waals surface area contributed by atoms with Gasteiger partial charge in [0.05, 0.1) is 5.69 Å². The van der Waals surface area contributed by atoms with E-state index < -0.39 is 0 Å². The van der Waals surface area contributed by atoms with E-state index in [1.807, 2.05) is 6.07 Å². The number of hydrogen-bond donors (Lipinski definition) is 1. The fourth-order valence-electron chi connectivity index (χ4n) is 1.88. The van der Waals surface area contributed by atoms with Crippen molar-refractivity contribution in [1.82, 2.24) is 0 Å². The normalized spacial score (nSPS) is 15.6. The van der Waals surface area contributed by atoms with Crippen molar-refractivity contribution >= 4 is 11.6 Å². The molecule has 1 aliphatic heterocycles. The van der Waals surface area contributed by atoms with Crippen molar-refractivity contribution in [3.05, 3.63) is 29.1 Å². The van der Waals surface area contributed by atoms with Gasteiger partial charge in [-0.1, -0.05) is 26.8 Å². The Bertz CT molecular complexity index is 446. The highest BCUT2D eigenvalue weighted by molar-refractivity contribution is 5.94. The zero-order valence-corrected chi connectivity index (χ0v) is 9.86. The summed E-state index contributed by atoms with van der Waals surface area (Å²) in [6.07, 6.45) is 1.07. The van der Waals surface area contributed by atoms with E-state index in [1.54, 1.807) is 0 Å². The molecule has 1 aromatic rings. The molecule has 0 radical (unpaired) electrons. The highest BCUT2D eigenvalue weighted by atomic mass is 19.1. The lowest BCUT2D eigenvalue weighted by molar-refractivity contribution is -0.116. The van der Waals surface area contributed by atoms with E-state index in [-0.39, 0.29) is 17.1 Å². The zero-order valence-electron chi connectivity index (χ0n) is 9.86. The Hall–Kier alpha value is -1.38. The molecule has 0 saturated carbocycles. The number of carbonyl (C=O) groups excluding carboxylic acids is 1. The molecular weight excluding hydrogens is 205 g/mol. The van der Waals surface area contributed by atoms with Gasteiger partial charge in [-0.05, 0) is 29.0 Å². The topological polar surface area (TPSA) is 29.1 Å². The number of hydrogen-bond acceptors (Lipinski definition) is 1. The Morgan fingerprint density at radius 3 is 2.56 bits per heavy atom. The molecular formula is C13H16FNO. The molecule has 0 atom stereocenters. The maximum atomic E-state index is 13.8. The molecule has 0 bridgehead atoms. The quantitative estimate of drug-likeness (QED) is 0.717. The van der Waals surface area contributed by atoms with Crippen molar-refractivity contribution in [2.24, 2.45) is 0 Å². The molecule has 3 heteroatoms. The van der Waals surface area contributed by atoms with Crippen LogP contribution in [-0.2, 0) is 16.6 Å². The molecule has 0 aliphatic carbocycles. The SMILES string of the molecule is CC(C)(C)c1cc(F)c2c(c1)CCC(=O)N2. The average molecular weight is 221 g/mol. The van der Waals surface area contributed by atoms with Gasteiger partial charge in [0.1, 0.15) is 5.82 Å². The first-order chi connectivity index (χ1) is 7.38. The van der Waals surface area contributed by atoms with Gasteiger partial charge < -0.3 is 5.32 Å². The monoisotopic (exact) mass is 221 g/mol. The Labute approximate surface area is 94.9 Å². The van der Waals surface area contributed by atoms with Crippen LogP contribution in [0, 0.1) is 5.82 Å². The lowest BCUT2D eigenvalue weighted by Crippen LogP contribution is -2.22. The third-order valence-electron chi connectivity index (χ3n) is 2.92. The van der Waals surface area contributed by atoms with Gasteiger partial charge in [0.25, 0.3) is 0 Å². The van der Waals surface area contributed by atoms with Gasteiger partial charge in [-0.2, -0.15) is 0 Å². The minimum atomic E-state index is -0.324. The van der Waals surface area contributed by atoms with Crippen LogP contribution in [0.15, 0.2) is 12.1 Å². The van der Waals surface area contributed by atoms with Crippen LogP contribution in [0.2, 0.25) is 0 Å². The number of fused-ring (bicyclic) bond motifs is 1. The second-order valence-corrected chi connectivity index (χ2v) is 5.29. The Balaban J connectivity index is 2.51. The molecule has 1 amide bonds. The van der Waals surface area contributed by atoms with Crippen LogP contribution in [-0.4, -0.2) is 5.91 Å². The van der Waals surface area contributed by atoms with Crippen molar-refractivity contribution in [2.45, 2.75) is 39.0 Å². The van der Waals surface area contributed by atoms with Gasteiger partial charge in [-0.25, -0.2) is 4.39 Å². The highest BCUT2D eigenvalue weighted by Crippen LogP contribution is 2.32. The third kappa shape index (κ3) is 1.94. The van der Waals surface area contributed by atoms with E-state index in [0.717, 1.165) is 11.1 Å². The summed E-state index contributed by atoms with van der Waals surface area (Å²) < 4.78 is 13.8. The molecule has 86 valence electrons. The molecule has 16 heavy (non-hydrogen) atoms. The number of rotatable bonds is 0. The fraction of sp³-hybridized carbons (Fsp3) is 0.462. The largest absolute Gasteiger partial charge is 0.323 e. The summed E-state index contributed by atoms with van der Waals surface area (Å²) in [5.74, 6) is -0.426. The lowest BCUT2D eigenvalue weighted by Gasteiger charge is -2.24. The number of anilines is 1. The second-order valence-electron chi connectivity index (χ2n) is 5.29. The van der Waals surface area contributed by atoms with E-state index >= 15 is 0 Å². The molecule has 1 aromatic carbocycles. The lowest BCUT2D eigenvalue weighted by atomic mass is 9.84. The van der Waals surface area contributed by atoms with Gasteiger partial charge in [0, 0.05) is 6.42 Å². The molecule has 0 unspecified atom stereocenters. The molecule has 0 fully saturated rings.